The Morgan fingerprint density at radius 3 is 2.95 bits per heavy atom. The van der Waals surface area contributed by atoms with Crippen molar-refractivity contribution >= 4 is 12.0 Å². The number of fused-ring (bicyclic) bond motifs is 1. The summed E-state index contributed by atoms with van der Waals surface area (Å²) >= 11 is 0. The quantitative estimate of drug-likeness (QED) is 0.805. The molecule has 2 rings (SSSR count). The van der Waals surface area contributed by atoms with E-state index in [1.807, 2.05) is 0 Å². The summed E-state index contributed by atoms with van der Waals surface area (Å²) < 4.78 is 0. The van der Waals surface area contributed by atoms with Gasteiger partial charge in [-0.2, -0.15) is 0 Å². The molecule has 2 amide bonds. The molecule has 0 saturated carbocycles. The number of urea groups is 1. The standard InChI is InChI=1S/C14H22N4O3/c1-3-4-5-6-17(2)14(21)18-8-11-10(15-9-16-11)7-12(18)13(19)20/h9,12H,3-8H2,1-2H3,(H,15,16)(H,19,20). The average Bonchev–Trinajstić information content (AvgIpc) is 2.92. The van der Waals surface area contributed by atoms with E-state index in [-0.39, 0.29) is 19.0 Å². The number of aliphatic carboxylic acids is 1. The van der Waals surface area contributed by atoms with E-state index in [1.165, 1.54) is 4.90 Å². The largest absolute Gasteiger partial charge is 0.480 e. The van der Waals surface area contributed by atoms with Crippen molar-refractivity contribution in [1.29, 1.82) is 0 Å². The molecule has 21 heavy (non-hydrogen) atoms. The maximum atomic E-state index is 12.5. The molecular formula is C14H22N4O3. The lowest BCUT2D eigenvalue weighted by atomic mass is 10.0. The number of imidazole rings is 1. The summed E-state index contributed by atoms with van der Waals surface area (Å²) in [4.78, 5) is 34.0. The van der Waals surface area contributed by atoms with Crippen LogP contribution in [0.1, 0.15) is 37.6 Å². The lowest BCUT2D eigenvalue weighted by molar-refractivity contribution is -0.142. The van der Waals surface area contributed by atoms with Gasteiger partial charge in [0.2, 0.25) is 0 Å². The van der Waals surface area contributed by atoms with Gasteiger partial charge in [-0.05, 0) is 6.42 Å². The lowest BCUT2D eigenvalue weighted by Gasteiger charge is -2.35. The summed E-state index contributed by atoms with van der Waals surface area (Å²) in [7, 11) is 1.72. The molecule has 0 saturated heterocycles. The molecule has 1 unspecified atom stereocenters. The number of hydrogen-bond donors (Lipinski definition) is 2. The van der Waals surface area contributed by atoms with Crippen molar-refractivity contribution in [1.82, 2.24) is 19.8 Å². The molecule has 1 aromatic heterocycles. The number of amides is 2. The third-order valence-electron chi connectivity index (χ3n) is 3.85. The number of aromatic nitrogens is 2. The van der Waals surface area contributed by atoms with Crippen LogP contribution in [0.25, 0.3) is 0 Å². The predicted molar refractivity (Wildman–Crippen MR) is 76.8 cm³/mol. The van der Waals surface area contributed by atoms with Gasteiger partial charge in [0, 0.05) is 20.0 Å². The van der Waals surface area contributed by atoms with Gasteiger partial charge in [0.05, 0.1) is 24.3 Å². The van der Waals surface area contributed by atoms with Gasteiger partial charge in [-0.25, -0.2) is 14.6 Å². The van der Waals surface area contributed by atoms with Crippen molar-refractivity contribution in [3.63, 3.8) is 0 Å². The lowest BCUT2D eigenvalue weighted by Crippen LogP contribution is -2.52. The van der Waals surface area contributed by atoms with E-state index in [4.69, 9.17) is 0 Å². The van der Waals surface area contributed by atoms with Crippen molar-refractivity contribution in [2.75, 3.05) is 13.6 Å². The maximum Gasteiger partial charge on any atom is 0.326 e. The third kappa shape index (κ3) is 3.34. The van der Waals surface area contributed by atoms with Crippen LogP contribution < -0.4 is 0 Å². The smallest absolute Gasteiger partial charge is 0.326 e. The highest BCUT2D eigenvalue weighted by Crippen LogP contribution is 2.22. The summed E-state index contributed by atoms with van der Waals surface area (Å²) in [5.41, 5.74) is 1.56. The summed E-state index contributed by atoms with van der Waals surface area (Å²) in [6.07, 6.45) is 4.87. The van der Waals surface area contributed by atoms with Gasteiger partial charge in [-0.3, -0.25) is 0 Å². The molecule has 2 N–H and O–H groups in total. The van der Waals surface area contributed by atoms with Crippen LogP contribution in [0, 0.1) is 0 Å². The number of rotatable bonds is 5. The second kappa shape index (κ2) is 6.60. The molecule has 0 bridgehead atoms. The van der Waals surface area contributed by atoms with Gasteiger partial charge in [0.15, 0.2) is 0 Å². The minimum atomic E-state index is -0.987. The van der Waals surface area contributed by atoms with Crippen LogP contribution >= 0.6 is 0 Å². The second-order valence-corrected chi connectivity index (χ2v) is 5.43. The predicted octanol–water partition coefficient (Wildman–Crippen LogP) is 1.46. The molecule has 0 aliphatic carbocycles. The van der Waals surface area contributed by atoms with Gasteiger partial charge >= 0.3 is 12.0 Å². The Bertz CT molecular complexity index is 514. The zero-order chi connectivity index (χ0) is 15.4. The van der Waals surface area contributed by atoms with Crippen molar-refractivity contribution in [3.8, 4) is 0 Å². The number of carboxylic acids is 1. The number of carbonyl (C=O) groups is 2. The number of H-pyrrole nitrogens is 1. The Morgan fingerprint density at radius 2 is 2.29 bits per heavy atom. The van der Waals surface area contributed by atoms with Crippen LogP contribution in [-0.2, 0) is 17.8 Å². The SMILES string of the molecule is CCCCCN(C)C(=O)N1Cc2[nH]cnc2CC1C(=O)O. The van der Waals surface area contributed by atoms with Crippen LogP contribution in [-0.4, -0.2) is 56.5 Å². The normalized spacial score (nSPS) is 17.4. The number of carbonyl (C=O) groups excluding carboxylic acids is 1. The molecule has 1 aliphatic heterocycles. The topological polar surface area (TPSA) is 89.5 Å². The van der Waals surface area contributed by atoms with Gasteiger partial charge in [-0.1, -0.05) is 19.8 Å². The highest BCUT2D eigenvalue weighted by atomic mass is 16.4. The van der Waals surface area contributed by atoms with Crippen molar-refractivity contribution < 1.29 is 14.7 Å². The van der Waals surface area contributed by atoms with E-state index >= 15 is 0 Å². The van der Waals surface area contributed by atoms with Gasteiger partial charge < -0.3 is 19.9 Å². The summed E-state index contributed by atoms with van der Waals surface area (Å²) in [5.74, 6) is -0.987. The minimum Gasteiger partial charge on any atom is -0.480 e. The van der Waals surface area contributed by atoms with E-state index < -0.39 is 12.0 Å². The average molecular weight is 294 g/mol. The first-order valence-electron chi connectivity index (χ1n) is 7.30. The van der Waals surface area contributed by atoms with Crippen molar-refractivity contribution in [2.45, 2.75) is 45.2 Å². The Hall–Kier alpha value is -2.05. The monoisotopic (exact) mass is 294 g/mol. The highest BCUT2D eigenvalue weighted by Gasteiger charge is 2.37. The van der Waals surface area contributed by atoms with Crippen molar-refractivity contribution in [2.24, 2.45) is 0 Å². The molecule has 1 atom stereocenters. The minimum absolute atomic E-state index is 0.237. The summed E-state index contributed by atoms with van der Waals surface area (Å²) in [6.45, 7) is 3.02. The molecule has 1 aromatic rings. The molecule has 2 heterocycles. The molecular weight excluding hydrogens is 272 g/mol. The van der Waals surface area contributed by atoms with Crippen LogP contribution in [0.3, 0.4) is 0 Å². The zero-order valence-electron chi connectivity index (χ0n) is 12.5. The molecule has 1 aliphatic rings. The maximum absolute atomic E-state index is 12.5. The number of nitrogens with zero attached hydrogens (tertiary/aromatic N) is 3. The summed E-state index contributed by atoms with van der Waals surface area (Å²) in [6, 6.07) is -1.08. The molecule has 0 aromatic carbocycles. The van der Waals surface area contributed by atoms with E-state index in [0.29, 0.717) is 6.54 Å². The second-order valence-electron chi connectivity index (χ2n) is 5.43. The summed E-state index contributed by atoms with van der Waals surface area (Å²) in [5, 5.41) is 9.37. The van der Waals surface area contributed by atoms with E-state index in [1.54, 1.807) is 18.3 Å². The molecule has 0 fully saturated rings. The number of hydrogen-bond acceptors (Lipinski definition) is 3. The Balaban J connectivity index is 2.08. The third-order valence-corrected chi connectivity index (χ3v) is 3.85. The highest BCUT2D eigenvalue weighted by molar-refractivity contribution is 5.83. The van der Waals surface area contributed by atoms with E-state index in [2.05, 4.69) is 16.9 Å². The number of aromatic amines is 1. The van der Waals surface area contributed by atoms with Crippen LogP contribution in [0.15, 0.2) is 6.33 Å². The van der Waals surface area contributed by atoms with Gasteiger partial charge in [0.25, 0.3) is 0 Å². The zero-order valence-corrected chi connectivity index (χ0v) is 12.5. The Labute approximate surface area is 124 Å². The van der Waals surface area contributed by atoms with E-state index in [0.717, 1.165) is 30.7 Å². The number of carboxylic acid groups (broad SMARTS) is 1. The fraction of sp³-hybridized carbons (Fsp3) is 0.643. The first-order valence-corrected chi connectivity index (χ1v) is 7.30. The number of nitrogens with one attached hydrogen (secondary N) is 1. The van der Waals surface area contributed by atoms with Gasteiger partial charge in [0.1, 0.15) is 6.04 Å². The number of unbranched alkanes of at least 4 members (excludes halogenated alkanes) is 2. The fourth-order valence-electron chi connectivity index (χ4n) is 2.57. The molecule has 116 valence electrons. The van der Waals surface area contributed by atoms with Crippen LogP contribution in [0.4, 0.5) is 4.79 Å². The van der Waals surface area contributed by atoms with Crippen LogP contribution in [0.2, 0.25) is 0 Å². The molecule has 7 nitrogen and oxygen atoms in total. The first kappa shape index (κ1) is 15.3. The first-order chi connectivity index (χ1) is 10.0. The van der Waals surface area contributed by atoms with E-state index in [9.17, 15) is 14.7 Å². The Kier molecular flexibility index (Phi) is 4.82. The molecule has 7 heteroatoms. The molecule has 0 spiro atoms. The Morgan fingerprint density at radius 1 is 1.52 bits per heavy atom. The van der Waals surface area contributed by atoms with Gasteiger partial charge in [-0.15, -0.1) is 0 Å². The van der Waals surface area contributed by atoms with Crippen LogP contribution in [0.5, 0.6) is 0 Å². The van der Waals surface area contributed by atoms with Crippen molar-refractivity contribution in [3.05, 3.63) is 17.7 Å². The molecule has 0 radical (unpaired) electrons. The fourth-order valence-corrected chi connectivity index (χ4v) is 2.57.